The number of aromatic hydroxyl groups is 1. The highest BCUT2D eigenvalue weighted by atomic mass is 16.5. The molecule has 0 aliphatic carbocycles. The lowest BCUT2D eigenvalue weighted by atomic mass is 10.2. The summed E-state index contributed by atoms with van der Waals surface area (Å²) in [6.45, 7) is 0. The van der Waals surface area contributed by atoms with Gasteiger partial charge in [-0.15, -0.1) is 0 Å². The second-order valence-corrected chi connectivity index (χ2v) is 4.43. The standard InChI is InChI=1S/C13H13N5O2/c1-18-7-9(6-15-18)11(14)13-16-12(17-20-13)8-3-2-4-10(19)5-8/h2-7,11,19H,14H2,1H3. The van der Waals surface area contributed by atoms with Crippen molar-refractivity contribution >= 4 is 0 Å². The molecule has 3 rings (SSSR count). The molecular formula is C13H13N5O2. The summed E-state index contributed by atoms with van der Waals surface area (Å²) in [5.41, 5.74) is 7.51. The lowest BCUT2D eigenvalue weighted by molar-refractivity contribution is 0.367. The number of phenolic OH excluding ortho intramolecular Hbond substituents is 1. The number of aromatic nitrogens is 4. The normalized spacial score (nSPS) is 12.5. The van der Waals surface area contributed by atoms with Gasteiger partial charge in [0, 0.05) is 24.4 Å². The van der Waals surface area contributed by atoms with E-state index in [-0.39, 0.29) is 5.75 Å². The maximum absolute atomic E-state index is 9.45. The molecule has 102 valence electrons. The molecule has 0 radical (unpaired) electrons. The van der Waals surface area contributed by atoms with E-state index in [0.717, 1.165) is 5.56 Å². The number of phenols is 1. The van der Waals surface area contributed by atoms with E-state index in [9.17, 15) is 5.11 Å². The van der Waals surface area contributed by atoms with Crippen molar-refractivity contribution in [2.24, 2.45) is 12.8 Å². The Kier molecular flexibility index (Phi) is 2.96. The molecule has 0 saturated heterocycles. The molecule has 7 nitrogen and oxygen atoms in total. The van der Waals surface area contributed by atoms with Gasteiger partial charge in [-0.3, -0.25) is 4.68 Å². The van der Waals surface area contributed by atoms with Crippen LogP contribution in [-0.2, 0) is 7.05 Å². The Balaban J connectivity index is 1.90. The van der Waals surface area contributed by atoms with Crippen molar-refractivity contribution in [3.8, 4) is 17.1 Å². The Hall–Kier alpha value is -2.67. The minimum absolute atomic E-state index is 0.144. The molecule has 0 spiro atoms. The first kappa shape index (κ1) is 12.4. The van der Waals surface area contributed by atoms with Crippen LogP contribution in [-0.4, -0.2) is 25.0 Å². The van der Waals surface area contributed by atoms with E-state index < -0.39 is 6.04 Å². The Bertz CT molecular complexity index is 734. The van der Waals surface area contributed by atoms with Crippen LogP contribution in [0.1, 0.15) is 17.5 Å². The highest BCUT2D eigenvalue weighted by Crippen LogP contribution is 2.23. The summed E-state index contributed by atoms with van der Waals surface area (Å²) in [6, 6.07) is 6.10. The van der Waals surface area contributed by atoms with E-state index in [1.54, 1.807) is 41.3 Å². The molecule has 2 heterocycles. The molecule has 1 atom stereocenters. The van der Waals surface area contributed by atoms with Gasteiger partial charge >= 0.3 is 0 Å². The molecule has 0 saturated carbocycles. The Morgan fingerprint density at radius 2 is 2.25 bits per heavy atom. The maximum Gasteiger partial charge on any atom is 0.248 e. The molecule has 0 aliphatic rings. The van der Waals surface area contributed by atoms with Crippen LogP contribution in [0.3, 0.4) is 0 Å². The third kappa shape index (κ3) is 2.26. The topological polar surface area (TPSA) is 103 Å². The lowest BCUT2D eigenvalue weighted by Gasteiger charge is -2.01. The molecule has 1 unspecified atom stereocenters. The van der Waals surface area contributed by atoms with Crippen LogP contribution in [0, 0.1) is 0 Å². The van der Waals surface area contributed by atoms with Crippen molar-refractivity contribution in [2.75, 3.05) is 0 Å². The predicted octanol–water partition coefficient (Wildman–Crippen LogP) is 1.22. The third-order valence-electron chi connectivity index (χ3n) is 2.90. The minimum Gasteiger partial charge on any atom is -0.508 e. The third-order valence-corrected chi connectivity index (χ3v) is 2.90. The van der Waals surface area contributed by atoms with Crippen LogP contribution in [0.5, 0.6) is 5.75 Å². The number of rotatable bonds is 3. The quantitative estimate of drug-likeness (QED) is 0.742. The van der Waals surface area contributed by atoms with Gasteiger partial charge in [-0.05, 0) is 12.1 Å². The highest BCUT2D eigenvalue weighted by Gasteiger charge is 2.18. The smallest absolute Gasteiger partial charge is 0.248 e. The van der Waals surface area contributed by atoms with Crippen LogP contribution < -0.4 is 5.73 Å². The molecule has 3 N–H and O–H groups in total. The molecule has 3 aromatic rings. The predicted molar refractivity (Wildman–Crippen MR) is 70.6 cm³/mol. The summed E-state index contributed by atoms with van der Waals surface area (Å²) in [6.07, 6.45) is 3.45. The van der Waals surface area contributed by atoms with E-state index in [1.165, 1.54) is 0 Å². The van der Waals surface area contributed by atoms with E-state index in [2.05, 4.69) is 15.2 Å². The fourth-order valence-electron chi connectivity index (χ4n) is 1.87. The highest BCUT2D eigenvalue weighted by molar-refractivity contribution is 5.56. The van der Waals surface area contributed by atoms with Crippen molar-refractivity contribution in [1.82, 2.24) is 19.9 Å². The maximum atomic E-state index is 9.45. The first-order chi connectivity index (χ1) is 9.63. The zero-order valence-electron chi connectivity index (χ0n) is 10.8. The fraction of sp³-hybridized carbons (Fsp3) is 0.154. The van der Waals surface area contributed by atoms with Crippen molar-refractivity contribution in [3.63, 3.8) is 0 Å². The van der Waals surface area contributed by atoms with Crippen LogP contribution in [0.4, 0.5) is 0 Å². The largest absolute Gasteiger partial charge is 0.508 e. The van der Waals surface area contributed by atoms with Crippen LogP contribution in [0.25, 0.3) is 11.4 Å². The SMILES string of the molecule is Cn1cc(C(N)c2nc(-c3cccc(O)c3)no2)cn1. The van der Waals surface area contributed by atoms with E-state index >= 15 is 0 Å². The second kappa shape index (κ2) is 4.78. The van der Waals surface area contributed by atoms with Gasteiger partial charge < -0.3 is 15.4 Å². The molecule has 0 amide bonds. The van der Waals surface area contributed by atoms with Crippen molar-refractivity contribution < 1.29 is 9.63 Å². The number of benzene rings is 1. The average molecular weight is 271 g/mol. The van der Waals surface area contributed by atoms with Gasteiger partial charge in [-0.1, -0.05) is 17.3 Å². The molecule has 0 fully saturated rings. The van der Waals surface area contributed by atoms with Crippen LogP contribution in [0.2, 0.25) is 0 Å². The lowest BCUT2D eigenvalue weighted by Crippen LogP contribution is -2.11. The number of nitrogens with two attached hydrogens (primary N) is 1. The average Bonchev–Trinajstić information content (AvgIpc) is 3.07. The molecule has 2 aromatic heterocycles. The zero-order chi connectivity index (χ0) is 14.1. The number of aryl methyl sites for hydroxylation is 1. The fourth-order valence-corrected chi connectivity index (χ4v) is 1.87. The van der Waals surface area contributed by atoms with Gasteiger partial charge in [0.2, 0.25) is 11.7 Å². The van der Waals surface area contributed by atoms with Gasteiger partial charge in [0.1, 0.15) is 11.8 Å². The Labute approximate surface area is 114 Å². The zero-order valence-corrected chi connectivity index (χ0v) is 10.8. The van der Waals surface area contributed by atoms with E-state index in [4.69, 9.17) is 10.3 Å². The summed E-state index contributed by atoms with van der Waals surface area (Å²) >= 11 is 0. The van der Waals surface area contributed by atoms with E-state index in [1.807, 2.05) is 7.05 Å². The first-order valence-electron chi connectivity index (χ1n) is 6.00. The first-order valence-corrected chi connectivity index (χ1v) is 6.00. The molecular weight excluding hydrogens is 258 g/mol. The molecule has 0 bridgehead atoms. The summed E-state index contributed by atoms with van der Waals surface area (Å²) in [5.74, 6) is 0.831. The summed E-state index contributed by atoms with van der Waals surface area (Å²) in [4.78, 5) is 4.26. The van der Waals surface area contributed by atoms with Crippen molar-refractivity contribution in [2.45, 2.75) is 6.04 Å². The van der Waals surface area contributed by atoms with Crippen LogP contribution in [0.15, 0.2) is 41.2 Å². The van der Waals surface area contributed by atoms with Gasteiger partial charge in [-0.2, -0.15) is 10.1 Å². The number of hydrogen-bond acceptors (Lipinski definition) is 6. The van der Waals surface area contributed by atoms with Crippen LogP contribution >= 0.6 is 0 Å². The molecule has 7 heteroatoms. The van der Waals surface area contributed by atoms with Crippen molar-refractivity contribution in [1.29, 1.82) is 0 Å². The summed E-state index contributed by atoms with van der Waals surface area (Å²) in [5, 5.41) is 17.4. The summed E-state index contributed by atoms with van der Waals surface area (Å²) in [7, 11) is 1.81. The summed E-state index contributed by atoms with van der Waals surface area (Å²) < 4.78 is 6.83. The molecule has 20 heavy (non-hydrogen) atoms. The Morgan fingerprint density at radius 1 is 1.40 bits per heavy atom. The van der Waals surface area contributed by atoms with Crippen molar-refractivity contribution in [3.05, 3.63) is 48.1 Å². The number of hydrogen-bond donors (Lipinski definition) is 2. The van der Waals surface area contributed by atoms with Gasteiger partial charge in [0.15, 0.2) is 0 Å². The molecule has 1 aromatic carbocycles. The monoisotopic (exact) mass is 271 g/mol. The van der Waals surface area contributed by atoms with Gasteiger partial charge in [0.05, 0.1) is 6.20 Å². The van der Waals surface area contributed by atoms with Gasteiger partial charge in [-0.25, -0.2) is 0 Å². The van der Waals surface area contributed by atoms with E-state index in [0.29, 0.717) is 17.3 Å². The van der Waals surface area contributed by atoms with Gasteiger partial charge in [0.25, 0.3) is 0 Å². The molecule has 0 aliphatic heterocycles. The second-order valence-electron chi connectivity index (χ2n) is 4.43. The number of nitrogens with zero attached hydrogens (tertiary/aromatic N) is 4. The Morgan fingerprint density at radius 3 is 2.95 bits per heavy atom. The minimum atomic E-state index is -0.526.